The number of unbranched alkanes of at least 4 members (excludes halogenated alkanes) is 2. The van der Waals surface area contributed by atoms with Gasteiger partial charge in [-0.05, 0) is 41.7 Å². The number of halogens is 1. The average Bonchev–Trinajstić information content (AvgIpc) is 3.12. The molecular formula is C28H28ClN3O2. The lowest BCUT2D eigenvalue weighted by atomic mass is 9.83. The van der Waals surface area contributed by atoms with Crippen LogP contribution in [-0.4, -0.2) is 29.1 Å². The first-order chi connectivity index (χ1) is 16.5. The highest BCUT2D eigenvalue weighted by Crippen LogP contribution is 2.39. The number of amides is 1. The Labute approximate surface area is 205 Å². The van der Waals surface area contributed by atoms with Gasteiger partial charge in [0.05, 0.1) is 0 Å². The van der Waals surface area contributed by atoms with Crippen LogP contribution in [0.5, 0.6) is 0 Å². The number of aliphatic imine (C=N–C) groups is 1. The van der Waals surface area contributed by atoms with Crippen molar-refractivity contribution in [2.75, 3.05) is 6.54 Å². The second kappa shape index (κ2) is 10.7. The van der Waals surface area contributed by atoms with Gasteiger partial charge in [-0.1, -0.05) is 90.8 Å². The predicted octanol–water partition coefficient (Wildman–Crippen LogP) is 5.11. The van der Waals surface area contributed by atoms with E-state index >= 15 is 0 Å². The Morgan fingerprint density at radius 2 is 1.44 bits per heavy atom. The highest BCUT2D eigenvalue weighted by Gasteiger charge is 2.50. The van der Waals surface area contributed by atoms with Gasteiger partial charge in [-0.3, -0.25) is 14.5 Å². The van der Waals surface area contributed by atoms with Gasteiger partial charge in [0.15, 0.2) is 11.5 Å². The number of hydrogen-bond donors (Lipinski definition) is 1. The van der Waals surface area contributed by atoms with Gasteiger partial charge in [-0.2, -0.15) is 0 Å². The molecule has 0 saturated heterocycles. The first-order valence-corrected chi connectivity index (χ1v) is 11.9. The molecule has 3 aromatic carbocycles. The van der Waals surface area contributed by atoms with Crippen LogP contribution in [0.3, 0.4) is 0 Å². The van der Waals surface area contributed by atoms with Crippen LogP contribution < -0.4 is 5.73 Å². The largest absolute Gasteiger partial charge is 0.369 e. The molecule has 1 amide bonds. The summed E-state index contributed by atoms with van der Waals surface area (Å²) in [6.07, 6.45) is 3.27. The molecule has 1 heterocycles. The second-order valence-electron chi connectivity index (χ2n) is 8.52. The normalized spacial score (nSPS) is 14.8. The van der Waals surface area contributed by atoms with Crippen molar-refractivity contribution in [1.82, 2.24) is 4.90 Å². The topological polar surface area (TPSA) is 75.8 Å². The number of nitrogens with zero attached hydrogens (tertiary/aromatic N) is 2. The fourth-order valence-electron chi connectivity index (χ4n) is 4.38. The van der Waals surface area contributed by atoms with Gasteiger partial charge in [0.25, 0.3) is 5.91 Å². The number of nitrogens with two attached hydrogens (primary N) is 1. The van der Waals surface area contributed by atoms with E-state index in [-0.39, 0.29) is 17.6 Å². The molecule has 4 rings (SSSR count). The minimum Gasteiger partial charge on any atom is -0.369 e. The van der Waals surface area contributed by atoms with Gasteiger partial charge in [-0.15, -0.1) is 0 Å². The summed E-state index contributed by atoms with van der Waals surface area (Å²) < 4.78 is 0. The van der Waals surface area contributed by atoms with E-state index in [1.165, 1.54) is 0 Å². The highest BCUT2D eigenvalue weighted by atomic mass is 35.5. The zero-order valence-electron chi connectivity index (χ0n) is 19.0. The lowest BCUT2D eigenvalue weighted by Gasteiger charge is -2.27. The lowest BCUT2D eigenvalue weighted by molar-refractivity contribution is -0.130. The maximum Gasteiger partial charge on any atom is 0.266 e. The number of guanidine groups is 1. The minimum atomic E-state index is -1.17. The van der Waals surface area contributed by atoms with Crippen LogP contribution in [0.25, 0.3) is 0 Å². The summed E-state index contributed by atoms with van der Waals surface area (Å²) in [6.45, 7) is 0.473. The molecule has 0 atom stereocenters. The van der Waals surface area contributed by atoms with Gasteiger partial charge >= 0.3 is 0 Å². The van der Waals surface area contributed by atoms with E-state index in [0.717, 1.165) is 36.0 Å². The van der Waals surface area contributed by atoms with Crippen molar-refractivity contribution in [1.29, 1.82) is 0 Å². The van der Waals surface area contributed by atoms with Gasteiger partial charge in [0.2, 0.25) is 0 Å². The van der Waals surface area contributed by atoms with Gasteiger partial charge in [0, 0.05) is 24.4 Å². The predicted molar refractivity (Wildman–Crippen MR) is 136 cm³/mol. The number of hydrogen-bond acceptors (Lipinski definition) is 4. The van der Waals surface area contributed by atoms with Crippen LogP contribution in [0.15, 0.2) is 89.9 Å². The first-order valence-electron chi connectivity index (χ1n) is 11.5. The molecule has 0 saturated carbocycles. The SMILES string of the molecule is NC1=NC(c2ccccc2)(c2ccccc2)C(=O)N1CCCCCC(=O)Cc1ccc(Cl)cc1. The Kier molecular flexibility index (Phi) is 7.43. The summed E-state index contributed by atoms with van der Waals surface area (Å²) >= 11 is 5.90. The summed E-state index contributed by atoms with van der Waals surface area (Å²) in [5, 5.41) is 0.666. The lowest BCUT2D eigenvalue weighted by Crippen LogP contribution is -2.44. The van der Waals surface area contributed by atoms with Crippen LogP contribution in [-0.2, 0) is 21.5 Å². The molecule has 6 heteroatoms. The van der Waals surface area contributed by atoms with E-state index in [2.05, 4.69) is 0 Å². The van der Waals surface area contributed by atoms with Crippen molar-refractivity contribution >= 4 is 29.3 Å². The molecule has 174 valence electrons. The van der Waals surface area contributed by atoms with Crippen molar-refractivity contribution in [3.8, 4) is 0 Å². The number of carbonyl (C=O) groups is 2. The molecule has 2 N–H and O–H groups in total. The van der Waals surface area contributed by atoms with E-state index in [1.807, 2.05) is 72.8 Å². The van der Waals surface area contributed by atoms with Gasteiger partial charge < -0.3 is 5.73 Å². The van der Waals surface area contributed by atoms with Crippen LogP contribution >= 0.6 is 11.6 Å². The monoisotopic (exact) mass is 473 g/mol. The van der Waals surface area contributed by atoms with Crippen molar-refractivity contribution in [2.45, 2.75) is 37.6 Å². The number of benzene rings is 3. The molecule has 5 nitrogen and oxygen atoms in total. The fraction of sp³-hybridized carbons (Fsp3) is 0.250. The maximum atomic E-state index is 13.7. The Morgan fingerprint density at radius 1 is 0.853 bits per heavy atom. The fourth-order valence-corrected chi connectivity index (χ4v) is 4.51. The molecular weight excluding hydrogens is 446 g/mol. The maximum absolute atomic E-state index is 13.7. The van der Waals surface area contributed by atoms with E-state index < -0.39 is 5.54 Å². The summed E-state index contributed by atoms with van der Waals surface area (Å²) in [6, 6.07) is 26.5. The summed E-state index contributed by atoms with van der Waals surface area (Å²) in [4.78, 5) is 32.3. The average molecular weight is 474 g/mol. The molecule has 0 aliphatic carbocycles. The summed E-state index contributed by atoms with van der Waals surface area (Å²) in [5.41, 5.74) is 7.67. The minimum absolute atomic E-state index is 0.138. The van der Waals surface area contributed by atoms with Gasteiger partial charge in [-0.25, -0.2) is 4.99 Å². The summed E-state index contributed by atoms with van der Waals surface area (Å²) in [5.74, 6) is 0.297. The van der Waals surface area contributed by atoms with Crippen LogP contribution in [0.2, 0.25) is 5.02 Å². The van der Waals surface area contributed by atoms with Gasteiger partial charge in [0.1, 0.15) is 5.78 Å². The molecule has 1 aliphatic heterocycles. The van der Waals surface area contributed by atoms with Crippen molar-refractivity contribution < 1.29 is 9.59 Å². The van der Waals surface area contributed by atoms with Crippen molar-refractivity contribution in [2.24, 2.45) is 10.7 Å². The van der Waals surface area contributed by atoms with E-state index in [0.29, 0.717) is 24.4 Å². The molecule has 0 spiro atoms. The van der Waals surface area contributed by atoms with Crippen molar-refractivity contribution in [3.63, 3.8) is 0 Å². The zero-order valence-corrected chi connectivity index (χ0v) is 19.7. The van der Waals surface area contributed by atoms with Crippen LogP contribution in [0.1, 0.15) is 42.4 Å². The Bertz CT molecular complexity index is 1120. The van der Waals surface area contributed by atoms with Crippen LogP contribution in [0.4, 0.5) is 0 Å². The number of ketones is 1. The zero-order chi connectivity index (χ0) is 24.0. The smallest absolute Gasteiger partial charge is 0.266 e. The number of carbonyl (C=O) groups excluding carboxylic acids is 2. The van der Waals surface area contributed by atoms with Crippen molar-refractivity contribution in [3.05, 3.63) is 107 Å². The first kappa shape index (κ1) is 23.7. The molecule has 0 bridgehead atoms. The third-order valence-corrected chi connectivity index (χ3v) is 6.40. The number of rotatable bonds is 10. The standard InChI is InChI=1S/C28H28ClN3O2/c29-24-17-15-21(16-18-24)20-25(33)14-8-3-9-19-32-26(34)28(31-27(32)30,22-10-4-1-5-11-22)23-12-6-2-7-13-23/h1-2,4-7,10-13,15-18H,3,8-9,14,19-20H2,(H2,30,31). The molecule has 34 heavy (non-hydrogen) atoms. The van der Waals surface area contributed by atoms with Crippen LogP contribution in [0, 0.1) is 0 Å². The Balaban J connectivity index is 1.35. The Morgan fingerprint density at radius 3 is 2.03 bits per heavy atom. The second-order valence-corrected chi connectivity index (χ2v) is 8.96. The third kappa shape index (κ3) is 5.05. The molecule has 0 unspecified atom stereocenters. The highest BCUT2D eigenvalue weighted by molar-refractivity contribution is 6.30. The Hall–Kier alpha value is -3.44. The number of Topliss-reactive ketones (excluding diaryl/α,β-unsaturated/α-hetero) is 1. The quantitative estimate of drug-likeness (QED) is 0.415. The van der Waals surface area contributed by atoms with E-state index in [4.69, 9.17) is 22.3 Å². The molecule has 1 aliphatic rings. The third-order valence-electron chi connectivity index (χ3n) is 6.15. The summed E-state index contributed by atoms with van der Waals surface area (Å²) in [7, 11) is 0. The molecule has 3 aromatic rings. The van der Waals surface area contributed by atoms with E-state index in [9.17, 15) is 9.59 Å². The molecule has 0 radical (unpaired) electrons. The molecule has 0 fully saturated rings. The molecule has 0 aromatic heterocycles. The van der Waals surface area contributed by atoms with E-state index in [1.54, 1.807) is 17.0 Å².